The first-order valence-electron chi connectivity index (χ1n) is 9.28. The second kappa shape index (κ2) is 7.57. The molecule has 0 fully saturated rings. The number of hydrogen-bond donors (Lipinski definition) is 0. The van der Waals surface area contributed by atoms with E-state index in [2.05, 4.69) is 74.5 Å². The van der Waals surface area contributed by atoms with Gasteiger partial charge in [-0.3, -0.25) is 0 Å². The molecule has 0 saturated heterocycles. The van der Waals surface area contributed by atoms with Gasteiger partial charge < -0.3 is 4.42 Å². The van der Waals surface area contributed by atoms with Gasteiger partial charge in [-0.05, 0) is 53.3 Å². The quantitative estimate of drug-likeness (QED) is 0.373. The molecule has 3 aromatic carbocycles. The number of furan rings is 1. The van der Waals surface area contributed by atoms with Crippen LogP contribution >= 0.6 is 0 Å². The second-order valence-corrected chi connectivity index (χ2v) is 6.24. The van der Waals surface area contributed by atoms with Crippen LogP contribution in [0.25, 0.3) is 33.1 Å². The fourth-order valence-electron chi connectivity index (χ4n) is 3.15. The molecular formula is C24H26O. The average molecular weight is 330 g/mol. The number of hydrogen-bond acceptors (Lipinski definition) is 1. The average Bonchev–Trinajstić information content (AvgIpc) is 3.06. The molecular weight excluding hydrogens is 304 g/mol. The van der Waals surface area contributed by atoms with Gasteiger partial charge in [0.15, 0.2) is 0 Å². The van der Waals surface area contributed by atoms with Crippen molar-refractivity contribution in [1.82, 2.24) is 0 Å². The van der Waals surface area contributed by atoms with Crippen molar-refractivity contribution in [2.75, 3.05) is 0 Å². The minimum Gasteiger partial charge on any atom is -0.456 e. The molecule has 0 amide bonds. The van der Waals surface area contributed by atoms with Crippen molar-refractivity contribution >= 4 is 21.9 Å². The lowest BCUT2D eigenvalue weighted by Gasteiger charge is -2.08. The van der Waals surface area contributed by atoms with Crippen LogP contribution in [-0.2, 0) is 0 Å². The summed E-state index contributed by atoms with van der Waals surface area (Å²) in [6.45, 7) is 8.51. The van der Waals surface area contributed by atoms with Crippen LogP contribution < -0.4 is 0 Å². The topological polar surface area (TPSA) is 13.1 Å². The molecule has 0 radical (unpaired) electrons. The highest BCUT2D eigenvalue weighted by Gasteiger charge is 2.11. The van der Waals surface area contributed by atoms with E-state index in [4.69, 9.17) is 4.42 Å². The lowest BCUT2D eigenvalue weighted by molar-refractivity contribution is 0.668. The first-order chi connectivity index (χ1) is 12.3. The standard InChI is InChI=1S/C22H20O.C2H6/c1-3-15(2)17-9-11-21-19(13-17)20-14-18(10-12-22(20)23-21)16-7-5-4-6-8-16;1-2/h4-15H,3H2,1-2H3;1-2H3. The van der Waals surface area contributed by atoms with Crippen molar-refractivity contribution in [2.24, 2.45) is 0 Å². The molecule has 1 atom stereocenters. The van der Waals surface area contributed by atoms with Gasteiger partial charge in [-0.2, -0.15) is 0 Å². The Kier molecular flexibility index (Phi) is 5.23. The Labute approximate surface area is 150 Å². The molecule has 1 nitrogen and oxygen atoms in total. The van der Waals surface area contributed by atoms with E-state index < -0.39 is 0 Å². The van der Waals surface area contributed by atoms with Gasteiger partial charge in [-0.25, -0.2) is 0 Å². The van der Waals surface area contributed by atoms with Crippen LogP contribution in [0.5, 0.6) is 0 Å². The fourth-order valence-corrected chi connectivity index (χ4v) is 3.15. The van der Waals surface area contributed by atoms with Crippen LogP contribution in [-0.4, -0.2) is 0 Å². The zero-order valence-corrected chi connectivity index (χ0v) is 15.5. The van der Waals surface area contributed by atoms with E-state index in [9.17, 15) is 0 Å². The molecule has 0 N–H and O–H groups in total. The molecule has 0 aliphatic rings. The van der Waals surface area contributed by atoms with Gasteiger partial charge in [0.2, 0.25) is 0 Å². The summed E-state index contributed by atoms with van der Waals surface area (Å²) in [5, 5.41) is 2.42. The predicted octanol–water partition coefficient (Wildman–Crippen LogP) is 7.79. The van der Waals surface area contributed by atoms with E-state index in [-0.39, 0.29) is 0 Å². The van der Waals surface area contributed by atoms with Crippen molar-refractivity contribution in [2.45, 2.75) is 40.0 Å². The summed E-state index contributed by atoms with van der Waals surface area (Å²) in [5.74, 6) is 0.571. The lowest BCUT2D eigenvalue weighted by atomic mass is 9.96. The van der Waals surface area contributed by atoms with Gasteiger partial charge in [0.25, 0.3) is 0 Å². The molecule has 1 aromatic heterocycles. The minimum atomic E-state index is 0.571. The molecule has 0 saturated carbocycles. The highest BCUT2D eigenvalue weighted by atomic mass is 16.3. The maximum Gasteiger partial charge on any atom is 0.135 e. The Hall–Kier alpha value is -2.54. The highest BCUT2D eigenvalue weighted by Crippen LogP contribution is 2.34. The van der Waals surface area contributed by atoms with Crippen molar-refractivity contribution in [3.05, 3.63) is 72.3 Å². The smallest absolute Gasteiger partial charge is 0.135 e. The Morgan fingerprint density at radius 1 is 0.760 bits per heavy atom. The van der Waals surface area contributed by atoms with Gasteiger partial charge >= 0.3 is 0 Å². The molecule has 1 heteroatoms. The third kappa shape index (κ3) is 3.32. The fraction of sp³-hybridized carbons (Fsp3) is 0.250. The van der Waals surface area contributed by atoms with E-state index in [1.54, 1.807) is 0 Å². The number of benzene rings is 3. The Bertz CT molecular complexity index is 963. The molecule has 0 aliphatic heterocycles. The van der Waals surface area contributed by atoms with Gasteiger partial charge in [-0.15, -0.1) is 0 Å². The molecule has 128 valence electrons. The van der Waals surface area contributed by atoms with Crippen LogP contribution in [0, 0.1) is 0 Å². The summed E-state index contributed by atoms with van der Waals surface area (Å²) in [6, 6.07) is 23.6. The third-order valence-corrected chi connectivity index (χ3v) is 4.78. The summed E-state index contributed by atoms with van der Waals surface area (Å²) in [6.07, 6.45) is 1.15. The third-order valence-electron chi connectivity index (χ3n) is 4.78. The van der Waals surface area contributed by atoms with Gasteiger partial charge in [0.1, 0.15) is 11.2 Å². The van der Waals surface area contributed by atoms with Crippen LogP contribution in [0.2, 0.25) is 0 Å². The van der Waals surface area contributed by atoms with Crippen molar-refractivity contribution in [3.8, 4) is 11.1 Å². The maximum atomic E-state index is 6.01. The highest BCUT2D eigenvalue weighted by molar-refractivity contribution is 6.06. The van der Waals surface area contributed by atoms with E-state index in [0.29, 0.717) is 5.92 Å². The number of rotatable bonds is 3. The monoisotopic (exact) mass is 330 g/mol. The predicted molar refractivity (Wildman–Crippen MR) is 109 cm³/mol. The minimum absolute atomic E-state index is 0.571. The maximum absolute atomic E-state index is 6.01. The van der Waals surface area contributed by atoms with E-state index in [0.717, 1.165) is 17.6 Å². The Morgan fingerprint density at radius 3 is 2.08 bits per heavy atom. The molecule has 0 aliphatic carbocycles. The Morgan fingerprint density at radius 2 is 1.40 bits per heavy atom. The van der Waals surface area contributed by atoms with Crippen molar-refractivity contribution in [1.29, 1.82) is 0 Å². The molecule has 0 bridgehead atoms. The Balaban J connectivity index is 0.000000880. The number of fused-ring (bicyclic) bond motifs is 3. The SMILES string of the molecule is CC.CCC(C)c1ccc2oc3ccc(-c4ccccc4)cc3c2c1. The van der Waals surface area contributed by atoms with Crippen LogP contribution in [0.15, 0.2) is 71.1 Å². The van der Waals surface area contributed by atoms with Crippen LogP contribution in [0.4, 0.5) is 0 Å². The summed E-state index contributed by atoms with van der Waals surface area (Å²) < 4.78 is 6.01. The van der Waals surface area contributed by atoms with E-state index in [1.165, 1.54) is 27.5 Å². The van der Waals surface area contributed by atoms with Crippen LogP contribution in [0.1, 0.15) is 45.6 Å². The zero-order chi connectivity index (χ0) is 17.8. The molecule has 1 unspecified atom stereocenters. The van der Waals surface area contributed by atoms with Crippen molar-refractivity contribution in [3.63, 3.8) is 0 Å². The summed E-state index contributed by atoms with van der Waals surface area (Å²) in [7, 11) is 0. The lowest BCUT2D eigenvalue weighted by Crippen LogP contribution is -1.89. The van der Waals surface area contributed by atoms with E-state index in [1.807, 2.05) is 19.9 Å². The van der Waals surface area contributed by atoms with Gasteiger partial charge in [0, 0.05) is 10.8 Å². The van der Waals surface area contributed by atoms with Gasteiger partial charge in [0.05, 0.1) is 0 Å². The van der Waals surface area contributed by atoms with Gasteiger partial charge in [-0.1, -0.05) is 70.2 Å². The second-order valence-electron chi connectivity index (χ2n) is 6.24. The molecule has 25 heavy (non-hydrogen) atoms. The summed E-state index contributed by atoms with van der Waals surface area (Å²) in [4.78, 5) is 0. The van der Waals surface area contributed by atoms with Crippen LogP contribution in [0.3, 0.4) is 0 Å². The summed E-state index contributed by atoms with van der Waals surface area (Å²) in [5.41, 5.74) is 5.78. The largest absolute Gasteiger partial charge is 0.456 e. The molecule has 4 rings (SSSR count). The normalized spacial score (nSPS) is 12.0. The zero-order valence-electron chi connectivity index (χ0n) is 15.5. The molecule has 4 aromatic rings. The summed E-state index contributed by atoms with van der Waals surface area (Å²) >= 11 is 0. The molecule has 0 spiro atoms. The van der Waals surface area contributed by atoms with Crippen molar-refractivity contribution < 1.29 is 4.42 Å². The first kappa shape index (κ1) is 17.3. The first-order valence-corrected chi connectivity index (χ1v) is 9.28. The molecule has 1 heterocycles. The van der Waals surface area contributed by atoms with E-state index >= 15 is 0 Å².